The molecule has 0 aliphatic carbocycles. The Morgan fingerprint density at radius 1 is 1.15 bits per heavy atom. The van der Waals surface area contributed by atoms with Crippen LogP contribution in [0.3, 0.4) is 0 Å². The summed E-state index contributed by atoms with van der Waals surface area (Å²) >= 11 is 0. The fourth-order valence-corrected chi connectivity index (χ4v) is 2.01. The molecule has 2 aromatic rings. The first kappa shape index (κ1) is 14.5. The van der Waals surface area contributed by atoms with Crippen molar-refractivity contribution in [3.63, 3.8) is 0 Å². The summed E-state index contributed by atoms with van der Waals surface area (Å²) in [5, 5.41) is 10.1. The molecule has 2 rings (SSSR count). The third-order valence-corrected chi connectivity index (χ3v) is 3.00. The van der Waals surface area contributed by atoms with Crippen LogP contribution in [-0.2, 0) is 6.42 Å². The first-order valence-corrected chi connectivity index (χ1v) is 6.45. The van der Waals surface area contributed by atoms with Gasteiger partial charge in [0.25, 0.3) is 0 Å². The number of hydrogen-bond acceptors (Lipinski definition) is 2. The van der Waals surface area contributed by atoms with Crippen LogP contribution in [0.1, 0.15) is 24.2 Å². The van der Waals surface area contributed by atoms with Crippen LogP contribution in [-0.4, -0.2) is 11.7 Å². The first-order valence-electron chi connectivity index (χ1n) is 6.45. The first-order chi connectivity index (χ1) is 9.61. The molecule has 0 fully saturated rings. The fourth-order valence-electron chi connectivity index (χ4n) is 2.01. The van der Waals surface area contributed by atoms with Gasteiger partial charge in [-0.15, -0.1) is 0 Å². The van der Waals surface area contributed by atoms with E-state index in [1.165, 1.54) is 12.1 Å². The van der Waals surface area contributed by atoms with E-state index in [2.05, 4.69) is 0 Å². The Morgan fingerprint density at radius 2 is 1.90 bits per heavy atom. The quantitative estimate of drug-likeness (QED) is 0.904. The van der Waals surface area contributed by atoms with Gasteiger partial charge in [0.05, 0.1) is 12.7 Å². The second-order valence-corrected chi connectivity index (χ2v) is 4.44. The van der Waals surface area contributed by atoms with Gasteiger partial charge >= 0.3 is 0 Å². The van der Waals surface area contributed by atoms with E-state index < -0.39 is 17.7 Å². The monoisotopic (exact) mass is 278 g/mol. The van der Waals surface area contributed by atoms with E-state index in [9.17, 15) is 13.9 Å². The number of aliphatic hydroxyl groups is 1. The van der Waals surface area contributed by atoms with Crippen molar-refractivity contribution >= 4 is 0 Å². The molecular formula is C16H16F2O2. The molecule has 0 bridgehead atoms. The van der Waals surface area contributed by atoms with Crippen molar-refractivity contribution in [2.45, 2.75) is 19.4 Å². The zero-order valence-electron chi connectivity index (χ0n) is 11.1. The van der Waals surface area contributed by atoms with Crippen LogP contribution in [0.25, 0.3) is 0 Å². The lowest BCUT2D eigenvalue weighted by Crippen LogP contribution is -2.05. The highest BCUT2D eigenvalue weighted by Crippen LogP contribution is 2.24. The van der Waals surface area contributed by atoms with E-state index in [0.717, 1.165) is 6.07 Å². The molecule has 2 nitrogen and oxygen atoms in total. The average Bonchev–Trinajstić information content (AvgIpc) is 2.44. The van der Waals surface area contributed by atoms with Gasteiger partial charge in [-0.3, -0.25) is 0 Å². The van der Waals surface area contributed by atoms with Gasteiger partial charge in [-0.1, -0.05) is 24.3 Å². The molecule has 1 unspecified atom stereocenters. The van der Waals surface area contributed by atoms with Gasteiger partial charge in [0.1, 0.15) is 5.75 Å². The van der Waals surface area contributed by atoms with Crippen LogP contribution in [0.2, 0.25) is 0 Å². The van der Waals surface area contributed by atoms with Crippen molar-refractivity contribution in [1.29, 1.82) is 0 Å². The zero-order valence-corrected chi connectivity index (χ0v) is 11.1. The number of rotatable bonds is 5. The summed E-state index contributed by atoms with van der Waals surface area (Å²) < 4.78 is 32.0. The predicted molar refractivity (Wildman–Crippen MR) is 72.6 cm³/mol. The number of ether oxygens (including phenoxy) is 1. The van der Waals surface area contributed by atoms with Crippen LogP contribution in [0.5, 0.6) is 5.75 Å². The van der Waals surface area contributed by atoms with Gasteiger partial charge < -0.3 is 9.84 Å². The Kier molecular flexibility index (Phi) is 4.69. The Hall–Kier alpha value is -1.94. The van der Waals surface area contributed by atoms with Crippen molar-refractivity contribution < 1.29 is 18.6 Å². The lowest BCUT2D eigenvalue weighted by atomic mass is 10.0. The number of aliphatic hydroxyl groups excluding tert-OH is 1. The third kappa shape index (κ3) is 3.33. The van der Waals surface area contributed by atoms with Crippen molar-refractivity contribution in [3.8, 4) is 5.75 Å². The molecule has 2 aromatic carbocycles. The molecule has 0 aromatic heterocycles. The summed E-state index contributed by atoms with van der Waals surface area (Å²) in [6, 6.07) is 10.9. The maximum absolute atomic E-state index is 13.6. The molecule has 20 heavy (non-hydrogen) atoms. The van der Waals surface area contributed by atoms with Crippen LogP contribution < -0.4 is 4.74 Å². The van der Waals surface area contributed by atoms with Crippen LogP contribution >= 0.6 is 0 Å². The highest BCUT2D eigenvalue weighted by atomic mass is 19.2. The predicted octanol–water partition coefficient (Wildman–Crippen LogP) is 3.64. The standard InChI is InChI=1S/C16H16F2O2/c1-2-20-13-7-3-5-11(9-13)15(19)10-12-6-4-8-14(17)16(12)18/h3-9,15,19H,2,10H2,1H3. The number of benzene rings is 2. The molecule has 1 N–H and O–H groups in total. The van der Waals surface area contributed by atoms with E-state index in [1.807, 2.05) is 6.92 Å². The Morgan fingerprint density at radius 3 is 2.65 bits per heavy atom. The molecule has 0 amide bonds. The topological polar surface area (TPSA) is 29.5 Å². The van der Waals surface area contributed by atoms with E-state index in [0.29, 0.717) is 17.9 Å². The summed E-state index contributed by atoms with van der Waals surface area (Å²) in [7, 11) is 0. The van der Waals surface area contributed by atoms with Gasteiger partial charge in [-0.05, 0) is 36.2 Å². The maximum atomic E-state index is 13.6. The number of hydrogen-bond donors (Lipinski definition) is 1. The molecule has 0 heterocycles. The minimum absolute atomic E-state index is 0.0131. The minimum atomic E-state index is -0.910. The molecular weight excluding hydrogens is 262 g/mol. The van der Waals surface area contributed by atoms with E-state index in [4.69, 9.17) is 4.74 Å². The van der Waals surface area contributed by atoms with Crippen molar-refractivity contribution in [2.24, 2.45) is 0 Å². The van der Waals surface area contributed by atoms with Crippen LogP contribution in [0.4, 0.5) is 8.78 Å². The Bertz CT molecular complexity index is 584. The van der Waals surface area contributed by atoms with Gasteiger partial charge in [-0.2, -0.15) is 0 Å². The molecule has 1 atom stereocenters. The van der Waals surface area contributed by atoms with E-state index in [1.54, 1.807) is 24.3 Å². The second kappa shape index (κ2) is 6.48. The molecule has 0 saturated carbocycles. The van der Waals surface area contributed by atoms with Gasteiger partial charge in [0.15, 0.2) is 11.6 Å². The maximum Gasteiger partial charge on any atom is 0.162 e. The van der Waals surface area contributed by atoms with Gasteiger partial charge in [0, 0.05) is 6.42 Å². The highest BCUT2D eigenvalue weighted by Gasteiger charge is 2.14. The molecule has 4 heteroatoms. The smallest absolute Gasteiger partial charge is 0.162 e. The van der Waals surface area contributed by atoms with Crippen molar-refractivity contribution in [2.75, 3.05) is 6.61 Å². The largest absolute Gasteiger partial charge is 0.494 e. The Labute approximate surface area is 116 Å². The fraction of sp³-hybridized carbons (Fsp3) is 0.250. The zero-order chi connectivity index (χ0) is 14.5. The third-order valence-electron chi connectivity index (χ3n) is 3.00. The molecule has 0 aliphatic heterocycles. The summed E-state index contributed by atoms with van der Waals surface area (Å²) in [6.45, 7) is 2.39. The molecule has 0 radical (unpaired) electrons. The Balaban J connectivity index is 2.17. The lowest BCUT2D eigenvalue weighted by molar-refractivity contribution is 0.176. The SMILES string of the molecule is CCOc1cccc(C(O)Cc2cccc(F)c2F)c1. The van der Waals surface area contributed by atoms with Gasteiger partial charge in [-0.25, -0.2) is 8.78 Å². The highest BCUT2D eigenvalue weighted by molar-refractivity contribution is 5.31. The summed E-state index contributed by atoms with van der Waals surface area (Å²) in [5.41, 5.74) is 0.763. The summed E-state index contributed by atoms with van der Waals surface area (Å²) in [4.78, 5) is 0. The normalized spacial score (nSPS) is 12.2. The van der Waals surface area contributed by atoms with Crippen molar-refractivity contribution in [1.82, 2.24) is 0 Å². The van der Waals surface area contributed by atoms with E-state index >= 15 is 0 Å². The lowest BCUT2D eigenvalue weighted by Gasteiger charge is -2.13. The molecule has 106 valence electrons. The van der Waals surface area contributed by atoms with Crippen LogP contribution in [0.15, 0.2) is 42.5 Å². The molecule has 0 aliphatic rings. The van der Waals surface area contributed by atoms with Crippen molar-refractivity contribution in [3.05, 3.63) is 65.2 Å². The van der Waals surface area contributed by atoms with Crippen LogP contribution in [0, 0.1) is 11.6 Å². The summed E-state index contributed by atoms with van der Waals surface area (Å²) in [6.07, 6.45) is -0.897. The molecule has 0 spiro atoms. The summed E-state index contributed by atoms with van der Waals surface area (Å²) in [5.74, 6) is -1.17. The second-order valence-electron chi connectivity index (χ2n) is 4.44. The van der Waals surface area contributed by atoms with Gasteiger partial charge in [0.2, 0.25) is 0 Å². The molecule has 0 saturated heterocycles. The average molecular weight is 278 g/mol. The van der Waals surface area contributed by atoms with E-state index in [-0.39, 0.29) is 12.0 Å². The minimum Gasteiger partial charge on any atom is -0.494 e. The number of halogens is 2.